The number of nitrogens with zero attached hydrogens (tertiary/aromatic N) is 2. The fourth-order valence-electron chi connectivity index (χ4n) is 3.99. The first-order valence-electron chi connectivity index (χ1n) is 11.9. The molecule has 0 bridgehead atoms. The molecular weight excluding hydrogens is 327 g/mol. The van der Waals surface area contributed by atoms with Gasteiger partial charge >= 0.3 is 6.85 Å². The van der Waals surface area contributed by atoms with Crippen LogP contribution in [0.3, 0.4) is 0 Å². The summed E-state index contributed by atoms with van der Waals surface area (Å²) in [5.74, 6) is -0.222. The summed E-state index contributed by atoms with van der Waals surface area (Å²) in [4.78, 5) is 1.81. The Bertz CT molecular complexity index is 1220. The Labute approximate surface area is 170 Å². The summed E-state index contributed by atoms with van der Waals surface area (Å²) in [6.07, 6.45) is 0.201. The summed E-state index contributed by atoms with van der Waals surface area (Å²) in [7, 11) is 3.78. The Morgan fingerprint density at radius 1 is 1.15 bits per heavy atom. The van der Waals surface area contributed by atoms with Gasteiger partial charge in [-0.1, -0.05) is 50.2 Å². The van der Waals surface area contributed by atoms with Crippen molar-refractivity contribution >= 4 is 34.9 Å². The molecule has 0 spiro atoms. The Kier molecular flexibility index (Phi) is 3.26. The van der Waals surface area contributed by atoms with E-state index < -0.39 is 13.2 Å². The van der Waals surface area contributed by atoms with E-state index in [9.17, 15) is 0 Å². The molecule has 0 amide bonds. The fraction of sp³-hybridized carbons (Fsp3) is 0.292. The van der Waals surface area contributed by atoms with Crippen molar-refractivity contribution in [2.75, 3.05) is 7.05 Å². The van der Waals surface area contributed by atoms with Crippen molar-refractivity contribution in [1.82, 2.24) is 4.81 Å². The number of aromatic nitrogens is 1. The molecule has 1 aliphatic heterocycles. The molecule has 136 valence electrons. The lowest BCUT2D eigenvalue weighted by Crippen LogP contribution is -2.66. The van der Waals surface area contributed by atoms with Crippen LogP contribution < -0.4 is 15.6 Å². The van der Waals surface area contributed by atoms with Gasteiger partial charge in [-0.25, -0.2) is 4.57 Å². The average molecular weight is 360 g/mol. The van der Waals surface area contributed by atoms with Gasteiger partial charge < -0.3 is 4.81 Å². The van der Waals surface area contributed by atoms with E-state index in [1.165, 1.54) is 0 Å². The normalized spacial score (nSPS) is 17.7. The number of rotatable bonds is 3. The van der Waals surface area contributed by atoms with E-state index in [-0.39, 0.29) is 18.5 Å². The Morgan fingerprint density at radius 3 is 2.67 bits per heavy atom. The van der Waals surface area contributed by atoms with Crippen LogP contribution in [0.5, 0.6) is 0 Å². The van der Waals surface area contributed by atoms with E-state index in [0.29, 0.717) is 5.56 Å². The van der Waals surface area contributed by atoms with E-state index in [2.05, 4.69) is 4.57 Å². The van der Waals surface area contributed by atoms with Crippen molar-refractivity contribution in [1.29, 1.82) is 0 Å². The molecule has 0 saturated heterocycles. The first-order chi connectivity index (χ1) is 14.9. The van der Waals surface area contributed by atoms with E-state index >= 15 is 0 Å². The molecule has 0 N–H and O–H groups in total. The monoisotopic (exact) mass is 360 g/mol. The number of allylic oxidation sites excluding steroid dienone is 1. The molecular formula is C24H28BN2+. The number of hydrogen-bond donors (Lipinski definition) is 0. The first-order valence-corrected chi connectivity index (χ1v) is 9.40. The standard InChI is InChI=1S/C24H28BN2/c1-17(2)14-20-16-24(26(4)23-13-9-7-11-21(20)23)25-22-12-8-6-10-19(22)15-18(3)27(25)5/h6-13,15-17H,14H2,1-5H3/q+1/i3D3,14D2. The molecule has 2 aromatic carbocycles. The lowest BCUT2D eigenvalue weighted by Gasteiger charge is -2.31. The predicted molar refractivity (Wildman–Crippen MR) is 117 cm³/mol. The number of para-hydroxylation sites is 1. The lowest BCUT2D eigenvalue weighted by atomic mass is 9.48. The molecule has 1 aliphatic rings. The highest BCUT2D eigenvalue weighted by Gasteiger charge is 2.38. The molecule has 0 aliphatic carbocycles. The maximum absolute atomic E-state index is 8.86. The topological polar surface area (TPSA) is 7.12 Å². The highest BCUT2D eigenvalue weighted by atomic mass is 15.1. The number of fused-ring (bicyclic) bond motifs is 2. The largest absolute Gasteiger partial charge is 0.408 e. The third-order valence-electron chi connectivity index (χ3n) is 5.31. The van der Waals surface area contributed by atoms with Gasteiger partial charge in [0.2, 0.25) is 5.52 Å². The maximum atomic E-state index is 8.86. The SMILES string of the molecule is [2H]C([2H])([2H])C1=Cc2ccccc2B(c2cc(C([2H])([2H])C(C)C)c3ccccc3[n+]2C)N1C. The van der Waals surface area contributed by atoms with E-state index in [0.717, 1.165) is 27.5 Å². The summed E-state index contributed by atoms with van der Waals surface area (Å²) in [6.45, 7) is 1.16. The van der Waals surface area contributed by atoms with Crippen LogP contribution in [-0.4, -0.2) is 18.7 Å². The molecule has 0 fully saturated rings. The summed E-state index contributed by atoms with van der Waals surface area (Å²) >= 11 is 0. The first kappa shape index (κ1) is 12.8. The molecule has 0 atom stereocenters. The second-order valence-electron chi connectivity index (χ2n) is 7.53. The van der Waals surface area contributed by atoms with Gasteiger partial charge in [-0.15, -0.1) is 0 Å². The highest BCUT2D eigenvalue weighted by Crippen LogP contribution is 2.20. The highest BCUT2D eigenvalue weighted by molar-refractivity contribution is 6.83. The molecule has 2 nitrogen and oxygen atoms in total. The predicted octanol–water partition coefficient (Wildman–Crippen LogP) is 3.27. The Hall–Kier alpha value is -2.55. The van der Waals surface area contributed by atoms with Gasteiger partial charge in [-0.05, 0) is 60.6 Å². The van der Waals surface area contributed by atoms with Gasteiger partial charge in [0, 0.05) is 24.4 Å². The van der Waals surface area contributed by atoms with Crippen molar-refractivity contribution in [3.05, 3.63) is 71.4 Å². The minimum atomic E-state index is -2.26. The zero-order valence-electron chi connectivity index (χ0n) is 21.3. The van der Waals surface area contributed by atoms with Gasteiger partial charge in [0.15, 0.2) is 5.59 Å². The zero-order valence-corrected chi connectivity index (χ0v) is 16.3. The molecule has 27 heavy (non-hydrogen) atoms. The van der Waals surface area contributed by atoms with Crippen LogP contribution in [0.1, 0.15) is 38.7 Å². The molecule has 3 heteroatoms. The van der Waals surface area contributed by atoms with Crippen molar-refractivity contribution in [2.24, 2.45) is 13.0 Å². The molecule has 2 heterocycles. The minimum absolute atomic E-state index is 0.222. The summed E-state index contributed by atoms with van der Waals surface area (Å²) < 4.78 is 44.1. The van der Waals surface area contributed by atoms with E-state index in [4.69, 9.17) is 6.85 Å². The van der Waals surface area contributed by atoms with Crippen LogP contribution >= 0.6 is 0 Å². The fourth-order valence-corrected chi connectivity index (χ4v) is 3.99. The Morgan fingerprint density at radius 2 is 1.89 bits per heavy atom. The zero-order chi connectivity index (χ0) is 23.4. The maximum Gasteiger partial charge on any atom is 0.404 e. The third kappa shape index (κ3) is 3.05. The number of aryl methyl sites for hydroxylation is 1. The van der Waals surface area contributed by atoms with Crippen molar-refractivity contribution in [3.8, 4) is 0 Å². The summed E-state index contributed by atoms with van der Waals surface area (Å²) in [6, 6.07) is 17.6. The van der Waals surface area contributed by atoms with E-state index in [1.54, 1.807) is 6.08 Å². The molecule has 0 saturated carbocycles. The molecule has 3 aromatic rings. The van der Waals surface area contributed by atoms with Crippen LogP contribution in [0.15, 0.2) is 60.3 Å². The Balaban J connectivity index is 2.05. The van der Waals surface area contributed by atoms with Gasteiger partial charge in [-0.3, -0.25) is 0 Å². The van der Waals surface area contributed by atoms with E-state index in [1.807, 2.05) is 87.4 Å². The third-order valence-corrected chi connectivity index (χ3v) is 5.31. The van der Waals surface area contributed by atoms with Gasteiger partial charge in [0.25, 0.3) is 0 Å². The number of benzene rings is 2. The minimum Gasteiger partial charge on any atom is -0.408 e. The molecule has 0 unspecified atom stereocenters. The van der Waals surface area contributed by atoms with Crippen LogP contribution in [-0.2, 0) is 13.4 Å². The second kappa shape index (κ2) is 6.88. The number of hydrogen-bond acceptors (Lipinski definition) is 1. The quantitative estimate of drug-likeness (QED) is 0.514. The van der Waals surface area contributed by atoms with Crippen molar-refractivity contribution in [3.63, 3.8) is 0 Å². The molecule has 0 radical (unpaired) electrons. The lowest BCUT2D eigenvalue weighted by molar-refractivity contribution is -0.627. The smallest absolute Gasteiger partial charge is 0.404 e. The van der Waals surface area contributed by atoms with Gasteiger partial charge in [0.1, 0.15) is 7.05 Å². The van der Waals surface area contributed by atoms with Crippen molar-refractivity contribution < 1.29 is 11.4 Å². The van der Waals surface area contributed by atoms with Crippen LogP contribution in [0.2, 0.25) is 0 Å². The van der Waals surface area contributed by atoms with Crippen LogP contribution in [0.25, 0.3) is 17.0 Å². The number of pyridine rings is 1. The van der Waals surface area contributed by atoms with Crippen molar-refractivity contribution in [2.45, 2.75) is 27.1 Å². The molecule has 4 rings (SSSR count). The second-order valence-corrected chi connectivity index (χ2v) is 7.53. The van der Waals surface area contributed by atoms with Gasteiger partial charge in [-0.2, -0.15) is 0 Å². The van der Waals surface area contributed by atoms with Gasteiger partial charge in [0.05, 0.1) is 0 Å². The van der Waals surface area contributed by atoms with Crippen LogP contribution in [0.4, 0.5) is 0 Å². The summed E-state index contributed by atoms with van der Waals surface area (Å²) in [5.41, 5.74) is 4.57. The molecule has 1 aromatic heterocycles. The average Bonchev–Trinajstić information content (AvgIpc) is 2.73. The summed E-state index contributed by atoms with van der Waals surface area (Å²) in [5, 5.41) is 0.871. The van der Waals surface area contributed by atoms with Crippen LogP contribution in [0, 0.1) is 5.92 Å².